The van der Waals surface area contributed by atoms with Crippen LogP contribution in [0.5, 0.6) is 0 Å². The van der Waals surface area contributed by atoms with Gasteiger partial charge in [0.05, 0.1) is 17.3 Å². The minimum Gasteiger partial charge on any atom is -0.462 e. The van der Waals surface area contributed by atoms with E-state index in [0.29, 0.717) is 12.0 Å². The number of ether oxygens (including phenoxy) is 3. The van der Waals surface area contributed by atoms with Crippen LogP contribution in [0.2, 0.25) is 0 Å². The Morgan fingerprint density at radius 2 is 1.76 bits per heavy atom. The van der Waals surface area contributed by atoms with Crippen LogP contribution in [-0.4, -0.2) is 64.1 Å². The van der Waals surface area contributed by atoms with Crippen molar-refractivity contribution in [2.45, 2.75) is 83.9 Å². The number of fused-ring (bicyclic) bond motifs is 2. The standard InChI is InChI=1S/C24H32O10/c1-11-7-8-17(31-14(4)25)23(6)18(32-15(5)26)10-16(34-30)12(2)20(23)21(27)24(29)13(3)22(28)33-19(24)9-11/h9,13,16-20,29-30H,2,7-8,10H2,1,3-6H3/b11-9-/t13-,16-,17-,18-,19-,20+,23-,24+/m0/s1. The molecule has 188 valence electrons. The number of allylic oxidation sites excluding steroid dienone is 1. The van der Waals surface area contributed by atoms with Crippen LogP contribution in [0.1, 0.15) is 53.9 Å². The van der Waals surface area contributed by atoms with Gasteiger partial charge < -0.3 is 19.3 Å². The summed E-state index contributed by atoms with van der Waals surface area (Å²) in [5, 5.41) is 21.3. The first-order valence-electron chi connectivity index (χ1n) is 11.3. The summed E-state index contributed by atoms with van der Waals surface area (Å²) < 4.78 is 16.6. The monoisotopic (exact) mass is 480 g/mol. The van der Waals surface area contributed by atoms with Crippen molar-refractivity contribution in [3.8, 4) is 0 Å². The highest BCUT2D eigenvalue weighted by Crippen LogP contribution is 2.54. The summed E-state index contributed by atoms with van der Waals surface area (Å²) in [5.41, 5.74) is -2.85. The zero-order valence-corrected chi connectivity index (χ0v) is 20.0. The van der Waals surface area contributed by atoms with Crippen LogP contribution < -0.4 is 0 Å². The average Bonchev–Trinajstić information content (AvgIpc) is 2.96. The molecule has 0 amide bonds. The van der Waals surface area contributed by atoms with Gasteiger partial charge >= 0.3 is 17.9 Å². The molecule has 10 heteroatoms. The largest absolute Gasteiger partial charge is 0.462 e. The molecule has 1 heterocycles. The number of carbonyl (C=O) groups excluding carboxylic acids is 4. The molecule has 10 nitrogen and oxygen atoms in total. The second kappa shape index (κ2) is 9.24. The van der Waals surface area contributed by atoms with E-state index in [9.17, 15) is 29.5 Å². The molecule has 1 saturated heterocycles. The minimum atomic E-state index is -2.27. The lowest BCUT2D eigenvalue weighted by molar-refractivity contribution is -0.287. The summed E-state index contributed by atoms with van der Waals surface area (Å²) >= 11 is 0. The van der Waals surface area contributed by atoms with E-state index in [1.54, 1.807) is 13.8 Å². The highest BCUT2D eigenvalue weighted by molar-refractivity contribution is 5.99. The van der Waals surface area contributed by atoms with Crippen molar-refractivity contribution in [3.05, 3.63) is 23.8 Å². The van der Waals surface area contributed by atoms with E-state index in [-0.39, 0.29) is 18.4 Å². The third kappa shape index (κ3) is 4.08. The number of rotatable bonds is 3. The van der Waals surface area contributed by atoms with E-state index in [1.807, 2.05) is 0 Å². The molecule has 8 atom stereocenters. The topological polar surface area (TPSA) is 146 Å². The summed E-state index contributed by atoms with van der Waals surface area (Å²) in [7, 11) is 0. The highest BCUT2D eigenvalue weighted by atomic mass is 17.1. The molecule has 3 aliphatic rings. The van der Waals surface area contributed by atoms with Gasteiger partial charge in [0.2, 0.25) is 0 Å². The lowest BCUT2D eigenvalue weighted by Crippen LogP contribution is -2.64. The van der Waals surface area contributed by atoms with Crippen molar-refractivity contribution in [1.82, 2.24) is 0 Å². The Hall–Kier alpha value is -2.56. The molecule has 0 aromatic rings. The van der Waals surface area contributed by atoms with Crippen LogP contribution in [-0.2, 0) is 38.3 Å². The highest BCUT2D eigenvalue weighted by Gasteiger charge is 2.67. The van der Waals surface area contributed by atoms with Crippen LogP contribution in [0, 0.1) is 17.3 Å². The zero-order chi connectivity index (χ0) is 25.6. The maximum atomic E-state index is 14.2. The second-order valence-corrected chi connectivity index (χ2v) is 9.72. The van der Waals surface area contributed by atoms with Gasteiger partial charge in [-0.25, -0.2) is 4.89 Å². The number of carbonyl (C=O) groups is 4. The first-order chi connectivity index (χ1) is 15.8. The van der Waals surface area contributed by atoms with Crippen LogP contribution in [0.15, 0.2) is 23.8 Å². The number of esters is 3. The molecule has 1 saturated carbocycles. The molecule has 2 fully saturated rings. The van der Waals surface area contributed by atoms with E-state index in [2.05, 4.69) is 11.5 Å². The number of hydrogen-bond donors (Lipinski definition) is 2. The van der Waals surface area contributed by atoms with E-state index in [0.717, 1.165) is 0 Å². The van der Waals surface area contributed by atoms with Gasteiger partial charge in [0.1, 0.15) is 18.3 Å². The van der Waals surface area contributed by atoms with Crippen molar-refractivity contribution in [1.29, 1.82) is 0 Å². The molecule has 0 spiro atoms. The second-order valence-electron chi connectivity index (χ2n) is 9.72. The number of hydrogen-bond acceptors (Lipinski definition) is 10. The van der Waals surface area contributed by atoms with Crippen molar-refractivity contribution < 1.29 is 48.6 Å². The van der Waals surface area contributed by atoms with E-state index < -0.39 is 71.0 Å². The molecule has 1 aliphatic heterocycles. The Labute approximate surface area is 197 Å². The first kappa shape index (κ1) is 26.1. The van der Waals surface area contributed by atoms with Crippen LogP contribution >= 0.6 is 0 Å². The smallest absolute Gasteiger partial charge is 0.312 e. The molecule has 34 heavy (non-hydrogen) atoms. The van der Waals surface area contributed by atoms with Crippen molar-refractivity contribution in [3.63, 3.8) is 0 Å². The molecule has 2 N–H and O–H groups in total. The van der Waals surface area contributed by atoms with E-state index in [4.69, 9.17) is 14.2 Å². The molecular formula is C24H32O10. The van der Waals surface area contributed by atoms with E-state index in [1.165, 1.54) is 26.8 Å². The van der Waals surface area contributed by atoms with Crippen LogP contribution in [0.4, 0.5) is 0 Å². The molecule has 0 aromatic heterocycles. The van der Waals surface area contributed by atoms with Crippen LogP contribution in [0.3, 0.4) is 0 Å². The van der Waals surface area contributed by atoms with Crippen molar-refractivity contribution >= 4 is 23.7 Å². The third-order valence-electron chi connectivity index (χ3n) is 7.55. The van der Waals surface area contributed by atoms with E-state index >= 15 is 0 Å². The molecule has 0 radical (unpaired) electrons. The van der Waals surface area contributed by atoms with Gasteiger partial charge in [-0.1, -0.05) is 19.1 Å². The predicted molar refractivity (Wildman–Crippen MR) is 116 cm³/mol. The lowest BCUT2D eigenvalue weighted by Gasteiger charge is -2.53. The molecule has 0 bridgehead atoms. The molecule has 0 unspecified atom stereocenters. The Kier molecular flexibility index (Phi) is 7.08. The Balaban J connectivity index is 2.30. The van der Waals surface area contributed by atoms with Gasteiger partial charge in [-0.15, -0.1) is 0 Å². The third-order valence-corrected chi connectivity index (χ3v) is 7.55. The quantitative estimate of drug-likeness (QED) is 0.202. The molecule has 3 rings (SSSR count). The number of aliphatic hydroxyl groups is 1. The maximum absolute atomic E-state index is 14.2. The fraction of sp³-hybridized carbons (Fsp3) is 0.667. The van der Waals surface area contributed by atoms with Crippen LogP contribution in [0.25, 0.3) is 0 Å². The van der Waals surface area contributed by atoms with Gasteiger partial charge in [0.15, 0.2) is 17.5 Å². The number of Topliss-reactive ketones (excluding diaryl/α,β-unsaturated/α-hetero) is 1. The normalized spacial score (nSPS) is 42.0. The summed E-state index contributed by atoms with van der Waals surface area (Å²) in [6.45, 7) is 11.2. The summed E-state index contributed by atoms with van der Waals surface area (Å²) in [6, 6.07) is 0. The molecule has 0 aromatic carbocycles. The average molecular weight is 481 g/mol. The van der Waals surface area contributed by atoms with Crippen molar-refractivity contribution in [2.24, 2.45) is 17.3 Å². The van der Waals surface area contributed by atoms with Gasteiger partial charge in [0.25, 0.3) is 0 Å². The fourth-order valence-electron chi connectivity index (χ4n) is 5.59. The Bertz CT molecular complexity index is 938. The first-order valence-corrected chi connectivity index (χ1v) is 11.3. The predicted octanol–water partition coefficient (Wildman–Crippen LogP) is 1.89. The maximum Gasteiger partial charge on any atom is 0.312 e. The molecule has 2 aliphatic carbocycles. The Morgan fingerprint density at radius 3 is 2.32 bits per heavy atom. The van der Waals surface area contributed by atoms with Gasteiger partial charge in [-0.05, 0) is 38.3 Å². The van der Waals surface area contributed by atoms with Gasteiger partial charge in [-0.3, -0.25) is 24.4 Å². The van der Waals surface area contributed by atoms with Gasteiger partial charge in [-0.2, -0.15) is 0 Å². The fourth-order valence-corrected chi connectivity index (χ4v) is 5.59. The van der Waals surface area contributed by atoms with Crippen molar-refractivity contribution in [2.75, 3.05) is 0 Å². The summed E-state index contributed by atoms with van der Waals surface area (Å²) in [6.07, 6.45) is -2.23. The summed E-state index contributed by atoms with van der Waals surface area (Å²) in [4.78, 5) is 55.4. The minimum absolute atomic E-state index is 0.0609. The summed E-state index contributed by atoms with van der Waals surface area (Å²) in [5.74, 6) is -5.34. The lowest BCUT2D eigenvalue weighted by atomic mass is 9.55. The SMILES string of the molecule is C=C1[C@@H]2C(=O)[C@]3(O)[C@H](/C=C(/C)CC[C@H](OC(C)=O)[C@@]2(C)[C@@H](OC(C)=O)C[C@@H]1OO)OC(=O)[C@@H]3C. The Morgan fingerprint density at radius 1 is 1.18 bits per heavy atom. The number of ketones is 1. The zero-order valence-electron chi connectivity index (χ0n) is 20.0. The molecular weight excluding hydrogens is 448 g/mol. The van der Waals surface area contributed by atoms with Gasteiger partial charge in [0, 0.05) is 20.3 Å².